The summed E-state index contributed by atoms with van der Waals surface area (Å²) in [5.74, 6) is 0.0965. The number of aromatic nitrogens is 4. The molecule has 3 rings (SSSR count). The van der Waals surface area contributed by atoms with E-state index in [4.69, 9.17) is 5.73 Å². The Labute approximate surface area is 108 Å². The predicted octanol–water partition coefficient (Wildman–Crippen LogP) is 2.20. The van der Waals surface area contributed by atoms with Crippen LogP contribution in [0.4, 0.5) is 10.2 Å². The molecule has 19 heavy (non-hydrogen) atoms. The largest absolute Gasteiger partial charge is 0.382 e. The zero-order valence-corrected chi connectivity index (χ0v) is 10.3. The van der Waals surface area contributed by atoms with Crippen LogP contribution in [0.25, 0.3) is 22.4 Å². The Bertz CT molecular complexity index is 711. The van der Waals surface area contributed by atoms with Gasteiger partial charge in [-0.15, -0.1) is 0 Å². The van der Waals surface area contributed by atoms with Crippen molar-refractivity contribution in [2.75, 3.05) is 5.73 Å². The minimum atomic E-state index is -0.284. The van der Waals surface area contributed by atoms with E-state index in [0.29, 0.717) is 5.82 Å². The Hall–Kier alpha value is -2.63. The van der Waals surface area contributed by atoms with Gasteiger partial charge < -0.3 is 5.73 Å². The first kappa shape index (κ1) is 11.5. The SMILES string of the molecule is Cn1cc(-c2[nH]nc(N)c2-c2ccc(F)cc2)cn1. The molecule has 0 bridgehead atoms. The number of anilines is 1. The number of benzene rings is 1. The lowest BCUT2D eigenvalue weighted by Gasteiger charge is -2.02. The lowest BCUT2D eigenvalue weighted by molar-refractivity contribution is 0.628. The molecule has 6 heteroatoms. The number of nitrogens with two attached hydrogens (primary N) is 1. The zero-order chi connectivity index (χ0) is 13.4. The van der Waals surface area contributed by atoms with E-state index in [1.807, 2.05) is 13.2 Å². The third-order valence-electron chi connectivity index (χ3n) is 2.92. The predicted molar refractivity (Wildman–Crippen MR) is 70.6 cm³/mol. The average molecular weight is 257 g/mol. The first-order valence-electron chi connectivity index (χ1n) is 5.74. The number of hydrogen-bond donors (Lipinski definition) is 2. The molecule has 96 valence electrons. The van der Waals surface area contributed by atoms with Crippen LogP contribution in [0.15, 0.2) is 36.7 Å². The third-order valence-corrected chi connectivity index (χ3v) is 2.92. The van der Waals surface area contributed by atoms with E-state index in [0.717, 1.165) is 22.4 Å². The standard InChI is InChI=1S/C13H12FN5/c1-19-7-9(6-16-19)12-11(13(15)18-17-12)8-2-4-10(14)5-3-8/h2-7H,1H3,(H3,15,17,18). The van der Waals surface area contributed by atoms with Crippen LogP contribution in [0, 0.1) is 5.82 Å². The third kappa shape index (κ3) is 1.97. The lowest BCUT2D eigenvalue weighted by atomic mass is 10.0. The summed E-state index contributed by atoms with van der Waals surface area (Å²) >= 11 is 0. The van der Waals surface area contributed by atoms with E-state index in [1.165, 1.54) is 12.1 Å². The second-order valence-electron chi connectivity index (χ2n) is 4.27. The highest BCUT2D eigenvalue weighted by Gasteiger charge is 2.15. The Morgan fingerprint density at radius 2 is 1.95 bits per heavy atom. The Morgan fingerprint density at radius 1 is 1.21 bits per heavy atom. The molecular weight excluding hydrogens is 245 g/mol. The van der Waals surface area contributed by atoms with E-state index < -0.39 is 0 Å². The van der Waals surface area contributed by atoms with Gasteiger partial charge in [0.25, 0.3) is 0 Å². The number of H-pyrrole nitrogens is 1. The van der Waals surface area contributed by atoms with Crippen molar-refractivity contribution in [3.63, 3.8) is 0 Å². The summed E-state index contributed by atoms with van der Waals surface area (Å²) in [7, 11) is 1.83. The number of nitrogens with zero attached hydrogens (tertiary/aromatic N) is 3. The molecule has 0 amide bonds. The lowest BCUT2D eigenvalue weighted by Crippen LogP contribution is -1.89. The number of nitrogens with one attached hydrogen (secondary N) is 1. The Kier molecular flexibility index (Phi) is 2.56. The van der Waals surface area contributed by atoms with Crippen LogP contribution >= 0.6 is 0 Å². The molecule has 2 aromatic heterocycles. The van der Waals surface area contributed by atoms with Gasteiger partial charge in [-0.3, -0.25) is 9.78 Å². The van der Waals surface area contributed by atoms with E-state index in [9.17, 15) is 4.39 Å². The molecule has 0 spiro atoms. The highest BCUT2D eigenvalue weighted by atomic mass is 19.1. The van der Waals surface area contributed by atoms with Crippen LogP contribution in [0.1, 0.15) is 0 Å². The normalized spacial score (nSPS) is 10.8. The molecule has 0 radical (unpaired) electrons. The van der Waals surface area contributed by atoms with Crippen molar-refractivity contribution in [3.05, 3.63) is 42.5 Å². The van der Waals surface area contributed by atoms with E-state index in [2.05, 4.69) is 15.3 Å². The van der Waals surface area contributed by atoms with Crippen LogP contribution in [-0.2, 0) is 7.05 Å². The van der Waals surface area contributed by atoms with Crippen molar-refractivity contribution in [2.24, 2.45) is 7.05 Å². The summed E-state index contributed by atoms with van der Waals surface area (Å²) in [5.41, 5.74) is 9.12. The maximum absolute atomic E-state index is 13.0. The van der Waals surface area contributed by atoms with Gasteiger partial charge in [0.1, 0.15) is 5.82 Å². The van der Waals surface area contributed by atoms with Crippen molar-refractivity contribution in [1.82, 2.24) is 20.0 Å². The second kappa shape index (κ2) is 4.24. The van der Waals surface area contributed by atoms with Gasteiger partial charge in [-0.25, -0.2) is 4.39 Å². The van der Waals surface area contributed by atoms with Crippen molar-refractivity contribution >= 4 is 5.82 Å². The minimum absolute atomic E-state index is 0.284. The summed E-state index contributed by atoms with van der Waals surface area (Å²) in [6.07, 6.45) is 3.58. The number of nitrogen functional groups attached to an aromatic ring is 1. The van der Waals surface area contributed by atoms with Crippen LogP contribution in [0.5, 0.6) is 0 Å². The quantitative estimate of drug-likeness (QED) is 0.739. The Morgan fingerprint density at radius 3 is 2.58 bits per heavy atom. The van der Waals surface area contributed by atoms with Gasteiger partial charge in [0.05, 0.1) is 17.5 Å². The van der Waals surface area contributed by atoms with Gasteiger partial charge in [0.15, 0.2) is 5.82 Å². The second-order valence-corrected chi connectivity index (χ2v) is 4.27. The molecule has 2 heterocycles. The molecule has 0 saturated heterocycles. The highest BCUT2D eigenvalue weighted by Crippen LogP contribution is 2.34. The maximum Gasteiger partial charge on any atom is 0.153 e. The van der Waals surface area contributed by atoms with Crippen LogP contribution in [-0.4, -0.2) is 20.0 Å². The topological polar surface area (TPSA) is 72.5 Å². The van der Waals surface area contributed by atoms with Gasteiger partial charge in [0, 0.05) is 18.8 Å². The molecular formula is C13H12FN5. The van der Waals surface area contributed by atoms with Crippen molar-refractivity contribution in [2.45, 2.75) is 0 Å². The summed E-state index contributed by atoms with van der Waals surface area (Å²) in [4.78, 5) is 0. The molecule has 0 fully saturated rings. The van der Waals surface area contributed by atoms with Crippen LogP contribution in [0.2, 0.25) is 0 Å². The smallest absolute Gasteiger partial charge is 0.153 e. The fourth-order valence-corrected chi connectivity index (χ4v) is 2.02. The summed E-state index contributed by atoms with van der Waals surface area (Å²) in [6, 6.07) is 6.15. The fourth-order valence-electron chi connectivity index (χ4n) is 2.02. The summed E-state index contributed by atoms with van der Waals surface area (Å²) < 4.78 is 14.7. The van der Waals surface area contributed by atoms with E-state index in [-0.39, 0.29) is 5.82 Å². The molecule has 0 unspecified atom stereocenters. The zero-order valence-electron chi connectivity index (χ0n) is 10.3. The molecule has 1 aromatic carbocycles. The maximum atomic E-state index is 13.0. The molecule has 3 N–H and O–H groups in total. The first-order chi connectivity index (χ1) is 9.15. The first-order valence-corrected chi connectivity index (χ1v) is 5.74. The van der Waals surface area contributed by atoms with Gasteiger partial charge in [0.2, 0.25) is 0 Å². The minimum Gasteiger partial charge on any atom is -0.382 e. The Balaban J connectivity index is 2.16. The molecule has 0 saturated carbocycles. The van der Waals surface area contributed by atoms with E-state index in [1.54, 1.807) is 23.0 Å². The highest BCUT2D eigenvalue weighted by molar-refractivity contribution is 5.87. The van der Waals surface area contributed by atoms with Crippen LogP contribution < -0.4 is 5.73 Å². The van der Waals surface area contributed by atoms with E-state index >= 15 is 0 Å². The number of aromatic amines is 1. The molecule has 0 aliphatic rings. The number of hydrogen-bond acceptors (Lipinski definition) is 3. The number of rotatable bonds is 2. The van der Waals surface area contributed by atoms with Crippen LogP contribution in [0.3, 0.4) is 0 Å². The van der Waals surface area contributed by atoms with Crippen molar-refractivity contribution in [1.29, 1.82) is 0 Å². The van der Waals surface area contributed by atoms with Crippen molar-refractivity contribution in [3.8, 4) is 22.4 Å². The monoisotopic (exact) mass is 257 g/mol. The van der Waals surface area contributed by atoms with Gasteiger partial charge in [-0.2, -0.15) is 10.2 Å². The molecule has 5 nitrogen and oxygen atoms in total. The molecule has 3 aromatic rings. The number of halogens is 1. The summed E-state index contributed by atoms with van der Waals surface area (Å²) in [6.45, 7) is 0. The van der Waals surface area contributed by atoms with Gasteiger partial charge >= 0.3 is 0 Å². The van der Waals surface area contributed by atoms with Gasteiger partial charge in [-0.1, -0.05) is 12.1 Å². The average Bonchev–Trinajstić information content (AvgIpc) is 2.97. The molecule has 0 aliphatic carbocycles. The number of aryl methyl sites for hydroxylation is 1. The molecule has 0 aliphatic heterocycles. The fraction of sp³-hybridized carbons (Fsp3) is 0.0769. The molecule has 0 atom stereocenters. The van der Waals surface area contributed by atoms with Crippen molar-refractivity contribution < 1.29 is 4.39 Å². The van der Waals surface area contributed by atoms with Gasteiger partial charge in [-0.05, 0) is 17.7 Å². The summed E-state index contributed by atoms with van der Waals surface area (Å²) in [5, 5.41) is 11.0.